The Labute approximate surface area is 122 Å². The number of nitrogens with zero attached hydrogens (tertiary/aromatic N) is 2. The fourth-order valence-corrected chi connectivity index (χ4v) is 3.23. The first-order chi connectivity index (χ1) is 10.1. The van der Waals surface area contributed by atoms with Crippen LogP contribution in [0.5, 0.6) is 0 Å². The van der Waals surface area contributed by atoms with E-state index in [1.54, 1.807) is 0 Å². The number of rotatable bonds is 3. The molecule has 0 bridgehead atoms. The first kappa shape index (κ1) is 13.9. The molecule has 1 fully saturated rings. The van der Waals surface area contributed by atoms with Gasteiger partial charge in [-0.15, -0.1) is 0 Å². The Morgan fingerprint density at radius 2 is 2.05 bits per heavy atom. The smallest absolute Gasteiger partial charge is 0.306 e. The van der Waals surface area contributed by atoms with E-state index in [1.165, 1.54) is 0 Å². The highest BCUT2D eigenvalue weighted by Gasteiger charge is 2.28. The summed E-state index contributed by atoms with van der Waals surface area (Å²) in [5, 5.41) is 18.3. The molecule has 0 spiro atoms. The van der Waals surface area contributed by atoms with Gasteiger partial charge in [0.2, 0.25) is 5.95 Å². The number of anilines is 1. The maximum atomic E-state index is 11.0. The van der Waals surface area contributed by atoms with E-state index in [4.69, 9.17) is 10.8 Å². The van der Waals surface area contributed by atoms with E-state index in [-0.39, 0.29) is 18.6 Å². The highest BCUT2D eigenvalue weighted by molar-refractivity contribution is 5.79. The third kappa shape index (κ3) is 2.47. The molecule has 1 aromatic carbocycles. The van der Waals surface area contributed by atoms with Gasteiger partial charge in [0.25, 0.3) is 0 Å². The van der Waals surface area contributed by atoms with E-state index in [0.717, 1.165) is 29.4 Å². The van der Waals surface area contributed by atoms with Gasteiger partial charge in [-0.3, -0.25) is 4.79 Å². The van der Waals surface area contributed by atoms with Gasteiger partial charge >= 0.3 is 5.97 Å². The number of nitrogen functional groups attached to an aromatic ring is 1. The van der Waals surface area contributed by atoms with Gasteiger partial charge in [0.1, 0.15) is 0 Å². The maximum Gasteiger partial charge on any atom is 0.306 e. The molecule has 0 saturated heterocycles. The monoisotopic (exact) mass is 289 g/mol. The van der Waals surface area contributed by atoms with Crippen molar-refractivity contribution in [3.05, 3.63) is 23.8 Å². The standard InChI is InChI=1S/C15H19N3O3/c16-15-17-12-7-9(8-19)1-6-13(12)18(15)11-4-2-10(3-5-11)14(20)21/h1,6-7,10-11,19H,2-5,8H2,(H2,16,17)(H,20,21). The van der Waals surface area contributed by atoms with Crippen LogP contribution in [0.4, 0.5) is 5.95 Å². The normalized spacial score (nSPS) is 22.5. The Morgan fingerprint density at radius 1 is 1.33 bits per heavy atom. The number of benzene rings is 1. The molecule has 1 saturated carbocycles. The van der Waals surface area contributed by atoms with Crippen molar-refractivity contribution in [1.29, 1.82) is 0 Å². The number of aliphatic carboxylic acids is 1. The summed E-state index contributed by atoms with van der Waals surface area (Å²) in [6, 6.07) is 5.83. The number of aromatic nitrogens is 2. The molecule has 21 heavy (non-hydrogen) atoms. The maximum absolute atomic E-state index is 11.0. The summed E-state index contributed by atoms with van der Waals surface area (Å²) in [5.74, 6) is -0.485. The summed E-state index contributed by atoms with van der Waals surface area (Å²) in [7, 11) is 0. The molecule has 6 nitrogen and oxygen atoms in total. The second-order valence-electron chi connectivity index (χ2n) is 5.66. The Bertz CT molecular complexity index is 672. The number of carbonyl (C=O) groups is 1. The molecule has 6 heteroatoms. The van der Waals surface area contributed by atoms with Crippen molar-refractivity contribution in [2.75, 3.05) is 5.73 Å². The van der Waals surface area contributed by atoms with E-state index < -0.39 is 5.97 Å². The molecule has 3 rings (SSSR count). The Balaban J connectivity index is 1.90. The van der Waals surface area contributed by atoms with Gasteiger partial charge in [-0.1, -0.05) is 6.07 Å². The van der Waals surface area contributed by atoms with Crippen molar-refractivity contribution in [2.24, 2.45) is 5.92 Å². The summed E-state index contributed by atoms with van der Waals surface area (Å²) in [5.41, 5.74) is 8.58. The van der Waals surface area contributed by atoms with Gasteiger partial charge < -0.3 is 20.5 Å². The van der Waals surface area contributed by atoms with Gasteiger partial charge in [-0.2, -0.15) is 0 Å². The fraction of sp³-hybridized carbons (Fsp3) is 0.467. The number of carboxylic acid groups (broad SMARTS) is 1. The van der Waals surface area contributed by atoms with Gasteiger partial charge in [-0.25, -0.2) is 4.98 Å². The lowest BCUT2D eigenvalue weighted by Crippen LogP contribution is -2.24. The molecule has 0 aliphatic heterocycles. The van der Waals surface area contributed by atoms with Crippen LogP contribution in [-0.4, -0.2) is 25.7 Å². The molecule has 4 N–H and O–H groups in total. The summed E-state index contributed by atoms with van der Waals surface area (Å²) >= 11 is 0. The quantitative estimate of drug-likeness (QED) is 0.801. The predicted octanol–water partition coefficient (Wildman–Crippen LogP) is 1.93. The average Bonchev–Trinajstić information content (AvgIpc) is 2.82. The molecule has 1 aliphatic rings. The minimum atomic E-state index is -0.704. The van der Waals surface area contributed by atoms with E-state index in [2.05, 4.69) is 4.98 Å². The van der Waals surface area contributed by atoms with Crippen molar-refractivity contribution >= 4 is 23.0 Å². The van der Waals surface area contributed by atoms with Gasteiger partial charge in [0.15, 0.2) is 0 Å². The highest BCUT2D eigenvalue weighted by Crippen LogP contribution is 2.36. The van der Waals surface area contributed by atoms with E-state index in [0.29, 0.717) is 18.8 Å². The van der Waals surface area contributed by atoms with Crippen LogP contribution >= 0.6 is 0 Å². The van der Waals surface area contributed by atoms with Crippen LogP contribution in [0.1, 0.15) is 37.3 Å². The summed E-state index contributed by atoms with van der Waals surface area (Å²) in [6.07, 6.45) is 2.95. The van der Waals surface area contributed by atoms with Gasteiger partial charge in [0.05, 0.1) is 23.6 Å². The summed E-state index contributed by atoms with van der Waals surface area (Å²) in [4.78, 5) is 15.4. The molecule has 0 unspecified atom stereocenters. The van der Waals surface area contributed by atoms with Gasteiger partial charge in [0, 0.05) is 6.04 Å². The minimum Gasteiger partial charge on any atom is -0.481 e. The average molecular weight is 289 g/mol. The van der Waals surface area contributed by atoms with Crippen molar-refractivity contribution in [1.82, 2.24) is 9.55 Å². The van der Waals surface area contributed by atoms with Crippen molar-refractivity contribution in [2.45, 2.75) is 38.3 Å². The predicted molar refractivity (Wildman–Crippen MR) is 78.7 cm³/mol. The molecular weight excluding hydrogens is 270 g/mol. The van der Waals surface area contributed by atoms with Gasteiger partial charge in [-0.05, 0) is 43.4 Å². The summed E-state index contributed by atoms with van der Waals surface area (Å²) in [6.45, 7) is -0.0214. The lowest BCUT2D eigenvalue weighted by Gasteiger charge is -2.28. The Kier molecular flexibility index (Phi) is 3.55. The van der Waals surface area contributed by atoms with Crippen LogP contribution in [0.15, 0.2) is 18.2 Å². The second-order valence-corrected chi connectivity index (χ2v) is 5.66. The topological polar surface area (TPSA) is 101 Å². The number of carboxylic acids is 1. The minimum absolute atomic E-state index is 0.0214. The first-order valence-electron chi connectivity index (χ1n) is 7.20. The molecule has 1 aromatic heterocycles. The molecule has 0 radical (unpaired) electrons. The number of imidazole rings is 1. The molecule has 1 heterocycles. The number of aliphatic hydroxyl groups excluding tert-OH is 1. The zero-order valence-corrected chi connectivity index (χ0v) is 11.7. The lowest BCUT2D eigenvalue weighted by atomic mass is 9.86. The van der Waals surface area contributed by atoms with Crippen LogP contribution in [-0.2, 0) is 11.4 Å². The van der Waals surface area contributed by atoms with E-state index >= 15 is 0 Å². The number of nitrogens with two attached hydrogens (primary N) is 1. The molecule has 2 aromatic rings. The summed E-state index contributed by atoms with van der Waals surface area (Å²) < 4.78 is 2.01. The number of aliphatic hydroxyl groups is 1. The van der Waals surface area contributed by atoms with Crippen LogP contribution in [0.3, 0.4) is 0 Å². The second kappa shape index (κ2) is 5.37. The van der Waals surface area contributed by atoms with Crippen LogP contribution in [0.25, 0.3) is 11.0 Å². The SMILES string of the molecule is Nc1nc2cc(CO)ccc2n1C1CCC(C(=O)O)CC1. The Morgan fingerprint density at radius 3 is 2.67 bits per heavy atom. The largest absolute Gasteiger partial charge is 0.481 e. The zero-order chi connectivity index (χ0) is 15.0. The first-order valence-corrected chi connectivity index (χ1v) is 7.20. The van der Waals surface area contributed by atoms with Crippen LogP contribution in [0.2, 0.25) is 0 Å². The lowest BCUT2D eigenvalue weighted by molar-refractivity contribution is -0.143. The van der Waals surface area contributed by atoms with Crippen molar-refractivity contribution in [3.8, 4) is 0 Å². The number of hydrogen-bond donors (Lipinski definition) is 3. The van der Waals surface area contributed by atoms with Crippen molar-refractivity contribution < 1.29 is 15.0 Å². The highest BCUT2D eigenvalue weighted by atomic mass is 16.4. The third-order valence-electron chi connectivity index (χ3n) is 4.37. The zero-order valence-electron chi connectivity index (χ0n) is 11.7. The van der Waals surface area contributed by atoms with E-state index in [1.807, 2.05) is 22.8 Å². The third-order valence-corrected chi connectivity index (χ3v) is 4.37. The van der Waals surface area contributed by atoms with Crippen LogP contribution < -0.4 is 5.73 Å². The molecule has 0 amide bonds. The van der Waals surface area contributed by atoms with Crippen molar-refractivity contribution in [3.63, 3.8) is 0 Å². The molecule has 1 aliphatic carbocycles. The molecular formula is C15H19N3O3. The van der Waals surface area contributed by atoms with Crippen LogP contribution in [0, 0.1) is 5.92 Å². The Hall–Kier alpha value is -2.08. The molecule has 112 valence electrons. The molecule has 0 atom stereocenters. The number of hydrogen-bond acceptors (Lipinski definition) is 4. The van der Waals surface area contributed by atoms with E-state index in [9.17, 15) is 9.90 Å². The number of fused-ring (bicyclic) bond motifs is 1. The fourth-order valence-electron chi connectivity index (χ4n) is 3.23.